The van der Waals surface area contributed by atoms with Crippen molar-refractivity contribution in [2.24, 2.45) is 11.1 Å². The zero-order chi connectivity index (χ0) is 18.3. The fourth-order valence-corrected chi connectivity index (χ4v) is 3.41. The number of carbonyl (C=O) groups excluding carboxylic acids is 1. The van der Waals surface area contributed by atoms with E-state index in [0.717, 1.165) is 22.8 Å². The summed E-state index contributed by atoms with van der Waals surface area (Å²) in [6.45, 7) is 10.7. The van der Waals surface area contributed by atoms with Crippen molar-refractivity contribution in [2.45, 2.75) is 45.4 Å². The van der Waals surface area contributed by atoms with Gasteiger partial charge in [-0.25, -0.2) is 13.6 Å². The molecule has 2 rings (SSSR count). The van der Waals surface area contributed by atoms with Crippen molar-refractivity contribution in [1.29, 1.82) is 0 Å². The van der Waals surface area contributed by atoms with E-state index in [2.05, 4.69) is 46.8 Å². The third-order valence-corrected chi connectivity index (χ3v) is 5.63. The number of hydrogen-bond donors (Lipinski definition) is 1. The van der Waals surface area contributed by atoms with E-state index in [-0.39, 0.29) is 10.8 Å². The number of carbonyl (C=O) groups is 1. The molecule has 1 unspecified atom stereocenters. The number of sulfonamides is 1. The number of primary sulfonamides is 1. The molecular formula is C19H25NO3S. The summed E-state index contributed by atoms with van der Waals surface area (Å²) < 4.78 is 22.4. The van der Waals surface area contributed by atoms with Crippen LogP contribution in [0.3, 0.4) is 0 Å². The van der Waals surface area contributed by atoms with Gasteiger partial charge in [-0.2, -0.15) is 0 Å². The van der Waals surface area contributed by atoms with Gasteiger partial charge in [0.05, 0.1) is 0 Å². The highest BCUT2D eigenvalue weighted by Crippen LogP contribution is 2.44. The van der Waals surface area contributed by atoms with E-state index in [1.807, 2.05) is 12.1 Å². The quantitative estimate of drug-likeness (QED) is 0.671. The zero-order valence-electron chi connectivity index (χ0n) is 14.8. The van der Waals surface area contributed by atoms with Crippen LogP contribution >= 0.6 is 0 Å². The Bertz CT molecular complexity index is 830. The van der Waals surface area contributed by atoms with Gasteiger partial charge in [0.25, 0.3) is 0 Å². The minimum absolute atomic E-state index is 0.148. The number of aldehydes is 1. The highest BCUT2D eigenvalue weighted by molar-refractivity contribution is 7.92. The molecule has 24 heavy (non-hydrogen) atoms. The second-order valence-corrected chi connectivity index (χ2v) is 9.08. The summed E-state index contributed by atoms with van der Waals surface area (Å²) in [6, 6.07) is 3.79. The number of benzene rings is 1. The molecule has 0 heterocycles. The van der Waals surface area contributed by atoms with Gasteiger partial charge in [-0.3, -0.25) is 4.79 Å². The van der Waals surface area contributed by atoms with Gasteiger partial charge >= 0.3 is 0 Å². The topological polar surface area (TPSA) is 77.2 Å². The largest absolute Gasteiger partial charge is 0.298 e. The van der Waals surface area contributed by atoms with Crippen LogP contribution in [0.2, 0.25) is 0 Å². The fraction of sp³-hybridized carbons (Fsp3) is 0.421. The molecule has 5 heteroatoms. The Kier molecular flexibility index (Phi) is 4.63. The molecule has 0 aromatic heterocycles. The predicted molar refractivity (Wildman–Crippen MR) is 98.3 cm³/mol. The molecule has 1 aliphatic rings. The number of nitrogens with two attached hydrogens (primary N) is 1. The van der Waals surface area contributed by atoms with Crippen molar-refractivity contribution < 1.29 is 13.2 Å². The summed E-state index contributed by atoms with van der Waals surface area (Å²) >= 11 is 0. The maximum atomic E-state index is 11.5. The molecule has 0 bridgehead atoms. The van der Waals surface area contributed by atoms with Crippen molar-refractivity contribution in [3.8, 4) is 0 Å². The first kappa shape index (κ1) is 18.6. The van der Waals surface area contributed by atoms with Crippen LogP contribution in [0.5, 0.6) is 0 Å². The second kappa shape index (κ2) is 5.97. The monoisotopic (exact) mass is 347 g/mol. The van der Waals surface area contributed by atoms with Gasteiger partial charge in [0, 0.05) is 16.4 Å². The average molecular weight is 347 g/mol. The standard InChI is InChI=1S/C19H25NO3S/c1-13-6-8-18(2,3)16-11-15(12-21)14(7-9-24(20,22)23)10-17(16)19(13,4)5/h6-13H,1-5H3,(H2,20,22,23)/b9-7+. The van der Waals surface area contributed by atoms with Gasteiger partial charge in [0.2, 0.25) is 10.0 Å². The minimum Gasteiger partial charge on any atom is -0.298 e. The summed E-state index contributed by atoms with van der Waals surface area (Å²) in [5, 5.41) is 5.97. The van der Waals surface area contributed by atoms with Crippen molar-refractivity contribution in [3.63, 3.8) is 0 Å². The number of allylic oxidation sites excluding steroid dienone is 2. The zero-order valence-corrected chi connectivity index (χ0v) is 15.6. The van der Waals surface area contributed by atoms with Crippen LogP contribution in [0.4, 0.5) is 0 Å². The molecule has 0 aliphatic heterocycles. The van der Waals surface area contributed by atoms with Gasteiger partial charge in [-0.1, -0.05) is 52.8 Å². The summed E-state index contributed by atoms with van der Waals surface area (Å²) in [7, 11) is -3.75. The molecule has 130 valence electrons. The Morgan fingerprint density at radius 1 is 1.08 bits per heavy atom. The summed E-state index contributed by atoms with van der Waals surface area (Å²) in [6.07, 6.45) is 6.54. The maximum absolute atomic E-state index is 11.5. The lowest BCUT2D eigenvalue weighted by Gasteiger charge is -2.34. The van der Waals surface area contributed by atoms with E-state index in [9.17, 15) is 13.2 Å². The number of rotatable bonds is 3. The highest BCUT2D eigenvalue weighted by atomic mass is 32.2. The van der Waals surface area contributed by atoms with Crippen LogP contribution in [-0.2, 0) is 20.9 Å². The van der Waals surface area contributed by atoms with Gasteiger partial charge in [0.15, 0.2) is 6.29 Å². The van der Waals surface area contributed by atoms with Crippen molar-refractivity contribution in [1.82, 2.24) is 0 Å². The van der Waals surface area contributed by atoms with Crippen LogP contribution in [0.25, 0.3) is 6.08 Å². The number of fused-ring (bicyclic) bond motifs is 1. The molecular weight excluding hydrogens is 322 g/mol. The van der Waals surface area contributed by atoms with Crippen molar-refractivity contribution in [3.05, 3.63) is 51.9 Å². The van der Waals surface area contributed by atoms with E-state index >= 15 is 0 Å². The molecule has 0 saturated heterocycles. The van der Waals surface area contributed by atoms with Crippen LogP contribution in [0, 0.1) is 5.92 Å². The Morgan fingerprint density at radius 2 is 1.67 bits per heavy atom. The average Bonchev–Trinajstić information content (AvgIpc) is 2.53. The Morgan fingerprint density at radius 3 is 2.21 bits per heavy atom. The van der Waals surface area contributed by atoms with Gasteiger partial charge in [-0.05, 0) is 40.2 Å². The molecule has 0 amide bonds. The third kappa shape index (κ3) is 3.52. The fourth-order valence-electron chi connectivity index (χ4n) is 3.07. The predicted octanol–water partition coefficient (Wildman–Crippen LogP) is 3.52. The molecule has 0 spiro atoms. The molecule has 1 atom stereocenters. The summed E-state index contributed by atoms with van der Waals surface area (Å²) in [5.74, 6) is 0.301. The van der Waals surface area contributed by atoms with Crippen LogP contribution in [-0.4, -0.2) is 14.7 Å². The highest BCUT2D eigenvalue weighted by Gasteiger charge is 2.36. The lowest BCUT2D eigenvalue weighted by molar-refractivity contribution is 0.112. The molecule has 0 saturated carbocycles. The minimum atomic E-state index is -3.75. The van der Waals surface area contributed by atoms with E-state index in [1.54, 1.807) is 0 Å². The lowest BCUT2D eigenvalue weighted by atomic mass is 9.70. The van der Waals surface area contributed by atoms with E-state index in [4.69, 9.17) is 5.14 Å². The third-order valence-electron chi connectivity index (χ3n) is 5.12. The molecule has 0 radical (unpaired) electrons. The molecule has 1 aromatic carbocycles. The number of hydrogen-bond acceptors (Lipinski definition) is 3. The second-order valence-electron chi connectivity index (χ2n) is 7.63. The maximum Gasteiger partial charge on any atom is 0.231 e. The van der Waals surface area contributed by atoms with E-state index < -0.39 is 10.0 Å². The van der Waals surface area contributed by atoms with Crippen LogP contribution in [0.15, 0.2) is 29.7 Å². The smallest absolute Gasteiger partial charge is 0.231 e. The first-order chi connectivity index (χ1) is 10.9. The van der Waals surface area contributed by atoms with Crippen molar-refractivity contribution in [2.75, 3.05) is 0 Å². The Hall–Kier alpha value is -1.72. The first-order valence-corrected chi connectivity index (χ1v) is 9.54. The van der Waals surface area contributed by atoms with E-state index in [0.29, 0.717) is 17.0 Å². The molecule has 1 aliphatic carbocycles. The molecule has 4 nitrogen and oxygen atoms in total. The Balaban J connectivity index is 2.79. The molecule has 0 fully saturated rings. The van der Waals surface area contributed by atoms with Crippen molar-refractivity contribution >= 4 is 22.4 Å². The summed E-state index contributed by atoms with van der Waals surface area (Å²) in [5.41, 5.74) is 2.87. The van der Waals surface area contributed by atoms with Gasteiger partial charge in [0.1, 0.15) is 0 Å². The molecule has 2 N–H and O–H groups in total. The Labute approximate surface area is 144 Å². The lowest BCUT2D eigenvalue weighted by Crippen LogP contribution is -2.27. The van der Waals surface area contributed by atoms with Gasteiger partial charge < -0.3 is 0 Å². The van der Waals surface area contributed by atoms with Crippen LogP contribution in [0.1, 0.15) is 61.7 Å². The summed E-state index contributed by atoms with van der Waals surface area (Å²) in [4.78, 5) is 11.5. The SMILES string of the molecule is CC1C=CC(C)(C)c2cc(C=O)c(/C=C/S(N)(=O)=O)cc2C1(C)C. The van der Waals surface area contributed by atoms with Crippen LogP contribution < -0.4 is 5.14 Å². The van der Waals surface area contributed by atoms with E-state index in [1.165, 1.54) is 6.08 Å². The first-order valence-electron chi connectivity index (χ1n) is 7.93. The molecule has 1 aromatic rings. The van der Waals surface area contributed by atoms with Gasteiger partial charge in [-0.15, -0.1) is 0 Å². The normalized spacial score (nSPS) is 22.2.